The lowest BCUT2D eigenvalue weighted by molar-refractivity contribution is -0.137. The molecule has 1 aliphatic carbocycles. The highest BCUT2D eigenvalue weighted by atomic mass is 32.2. The van der Waals surface area contributed by atoms with E-state index in [2.05, 4.69) is 16.5 Å². The first-order valence-electron chi connectivity index (χ1n) is 10.6. The number of hydrogen-bond donors (Lipinski definition) is 1. The SMILES string of the molecule is CCS(=O)(=O)c1c(NCc2ccc(C3(C#N)CC3)cc2C(=O)OC)nn2ccc(C(F)(F)F)cc12. The monoisotopic (exact) mass is 506 g/mol. The number of carbonyl (C=O) groups is 1. The number of fused-ring (bicyclic) bond motifs is 1. The molecule has 1 N–H and O–H groups in total. The summed E-state index contributed by atoms with van der Waals surface area (Å²) >= 11 is 0. The molecule has 0 radical (unpaired) electrons. The van der Waals surface area contributed by atoms with Crippen molar-refractivity contribution in [2.75, 3.05) is 18.2 Å². The Hall–Kier alpha value is -3.59. The lowest BCUT2D eigenvalue weighted by Crippen LogP contribution is -2.13. The molecule has 35 heavy (non-hydrogen) atoms. The summed E-state index contributed by atoms with van der Waals surface area (Å²) in [6.07, 6.45) is -2.25. The van der Waals surface area contributed by atoms with Gasteiger partial charge in [-0.3, -0.25) is 0 Å². The largest absolute Gasteiger partial charge is 0.465 e. The van der Waals surface area contributed by atoms with Crippen molar-refractivity contribution in [2.45, 2.75) is 42.8 Å². The second-order valence-electron chi connectivity index (χ2n) is 8.24. The van der Waals surface area contributed by atoms with Crippen molar-refractivity contribution in [3.05, 3.63) is 58.8 Å². The molecule has 0 bridgehead atoms. The zero-order chi connectivity index (χ0) is 25.6. The van der Waals surface area contributed by atoms with E-state index >= 15 is 0 Å². The molecule has 0 spiro atoms. The maximum atomic E-state index is 13.2. The first-order chi connectivity index (χ1) is 16.5. The highest BCUT2D eigenvalue weighted by molar-refractivity contribution is 7.91. The van der Waals surface area contributed by atoms with Crippen molar-refractivity contribution in [1.82, 2.24) is 9.61 Å². The van der Waals surface area contributed by atoms with E-state index in [0.29, 0.717) is 24.0 Å². The Balaban J connectivity index is 1.76. The van der Waals surface area contributed by atoms with Gasteiger partial charge in [0.25, 0.3) is 0 Å². The van der Waals surface area contributed by atoms with Crippen molar-refractivity contribution in [2.24, 2.45) is 0 Å². The Labute approximate surface area is 199 Å². The van der Waals surface area contributed by atoms with Crippen LogP contribution in [0.1, 0.15) is 46.8 Å². The Bertz CT molecular complexity index is 1470. The van der Waals surface area contributed by atoms with Crippen LogP contribution in [-0.4, -0.2) is 36.9 Å². The van der Waals surface area contributed by atoms with Crippen molar-refractivity contribution in [1.29, 1.82) is 5.26 Å². The second kappa shape index (κ2) is 8.57. The van der Waals surface area contributed by atoms with Crippen LogP contribution in [0.25, 0.3) is 5.52 Å². The molecule has 4 rings (SSSR count). The molecule has 2 aromatic heterocycles. The molecule has 184 valence electrons. The van der Waals surface area contributed by atoms with Gasteiger partial charge in [-0.25, -0.2) is 17.7 Å². The fourth-order valence-electron chi connectivity index (χ4n) is 3.86. The second-order valence-corrected chi connectivity index (χ2v) is 10.5. The fourth-order valence-corrected chi connectivity index (χ4v) is 5.03. The number of anilines is 1. The van der Waals surface area contributed by atoms with Gasteiger partial charge >= 0.3 is 12.1 Å². The fraction of sp³-hybridized carbons (Fsp3) is 0.348. The molecule has 0 amide bonds. The van der Waals surface area contributed by atoms with Gasteiger partial charge in [0.1, 0.15) is 4.90 Å². The van der Waals surface area contributed by atoms with Gasteiger partial charge in [-0.2, -0.15) is 18.4 Å². The van der Waals surface area contributed by atoms with Crippen molar-refractivity contribution in [3.63, 3.8) is 0 Å². The Kier molecular flexibility index (Phi) is 6.00. The Morgan fingerprint density at radius 2 is 2.00 bits per heavy atom. The first kappa shape index (κ1) is 24.5. The topological polar surface area (TPSA) is 114 Å². The zero-order valence-electron chi connectivity index (χ0n) is 18.8. The smallest absolute Gasteiger partial charge is 0.416 e. The highest BCUT2D eigenvalue weighted by Gasteiger charge is 2.45. The number of alkyl halides is 3. The number of sulfone groups is 1. The summed E-state index contributed by atoms with van der Waals surface area (Å²) in [7, 11) is -2.75. The molecule has 2 heterocycles. The van der Waals surface area contributed by atoms with Crippen molar-refractivity contribution < 1.29 is 31.1 Å². The minimum Gasteiger partial charge on any atom is -0.465 e. The van der Waals surface area contributed by atoms with Crippen LogP contribution in [0.2, 0.25) is 0 Å². The molecule has 0 atom stereocenters. The van der Waals surface area contributed by atoms with Gasteiger partial charge in [0.2, 0.25) is 0 Å². The molecule has 12 heteroatoms. The molecule has 3 aromatic rings. The van der Waals surface area contributed by atoms with E-state index in [1.54, 1.807) is 18.2 Å². The van der Waals surface area contributed by atoms with Gasteiger partial charge in [-0.05, 0) is 42.2 Å². The lowest BCUT2D eigenvalue weighted by Gasteiger charge is -2.14. The van der Waals surface area contributed by atoms with E-state index in [9.17, 15) is 31.6 Å². The number of aromatic nitrogens is 2. The molecule has 0 unspecified atom stereocenters. The highest BCUT2D eigenvalue weighted by Crippen LogP contribution is 2.48. The van der Waals surface area contributed by atoms with E-state index in [4.69, 9.17) is 4.74 Å². The maximum absolute atomic E-state index is 13.2. The standard InChI is InChI=1S/C23H21F3N4O4S/c1-3-35(32,33)19-18-11-16(23(24,25)26)6-9-30(18)29-20(19)28-12-14-4-5-15(22(13-27)7-8-22)10-17(14)21(31)34-2/h4-6,9-11H,3,7-8,12H2,1-2H3,(H,28,29). The maximum Gasteiger partial charge on any atom is 0.416 e. The molecule has 0 aliphatic heterocycles. The zero-order valence-corrected chi connectivity index (χ0v) is 19.6. The number of pyridine rings is 1. The third-order valence-electron chi connectivity index (χ3n) is 6.09. The Morgan fingerprint density at radius 3 is 2.57 bits per heavy atom. The van der Waals surface area contributed by atoms with Gasteiger partial charge < -0.3 is 10.1 Å². The summed E-state index contributed by atoms with van der Waals surface area (Å²) < 4.78 is 71.3. The number of carbonyl (C=O) groups excluding carboxylic acids is 1. The van der Waals surface area contributed by atoms with Crippen LogP contribution in [0.15, 0.2) is 41.4 Å². The summed E-state index contributed by atoms with van der Waals surface area (Å²) in [5, 5.41) is 16.5. The van der Waals surface area contributed by atoms with Gasteiger partial charge in [-0.1, -0.05) is 19.1 Å². The number of benzene rings is 1. The number of rotatable bonds is 7. The van der Waals surface area contributed by atoms with Crippen LogP contribution in [0.3, 0.4) is 0 Å². The minimum absolute atomic E-state index is 0.0630. The molecule has 0 saturated heterocycles. The summed E-state index contributed by atoms with van der Waals surface area (Å²) in [6, 6.07) is 8.76. The van der Waals surface area contributed by atoms with E-state index in [0.717, 1.165) is 22.8 Å². The average Bonchev–Trinajstić information content (AvgIpc) is 3.54. The third kappa shape index (κ3) is 4.43. The van der Waals surface area contributed by atoms with E-state index in [1.165, 1.54) is 14.0 Å². The van der Waals surface area contributed by atoms with Crippen molar-refractivity contribution >= 4 is 27.1 Å². The normalized spacial score (nSPS) is 15.0. The molecular formula is C23H21F3N4O4S. The number of nitriles is 1. The predicted molar refractivity (Wildman–Crippen MR) is 120 cm³/mol. The lowest BCUT2D eigenvalue weighted by atomic mass is 9.93. The summed E-state index contributed by atoms with van der Waals surface area (Å²) in [4.78, 5) is 12.1. The molecule has 8 nitrogen and oxygen atoms in total. The van der Waals surface area contributed by atoms with Crippen LogP contribution < -0.4 is 5.32 Å². The van der Waals surface area contributed by atoms with E-state index in [1.807, 2.05) is 0 Å². The minimum atomic E-state index is -4.66. The van der Waals surface area contributed by atoms with Crippen LogP contribution in [-0.2, 0) is 32.7 Å². The summed E-state index contributed by atoms with van der Waals surface area (Å²) in [6.45, 7) is 1.32. The van der Waals surface area contributed by atoms with E-state index in [-0.39, 0.29) is 34.1 Å². The predicted octanol–water partition coefficient (Wildman–Crippen LogP) is 4.10. The van der Waals surface area contributed by atoms with Crippen LogP contribution in [0, 0.1) is 11.3 Å². The quantitative estimate of drug-likeness (QED) is 0.480. The van der Waals surface area contributed by atoms with Crippen LogP contribution >= 0.6 is 0 Å². The molecule has 1 fully saturated rings. The van der Waals surface area contributed by atoms with Crippen molar-refractivity contribution in [3.8, 4) is 6.07 Å². The first-order valence-corrected chi connectivity index (χ1v) is 12.3. The van der Waals surface area contributed by atoms with Crippen LogP contribution in [0.5, 0.6) is 0 Å². The number of halogens is 3. The average molecular weight is 507 g/mol. The summed E-state index contributed by atoms with van der Waals surface area (Å²) in [5.74, 6) is -1.12. The van der Waals surface area contributed by atoms with Gasteiger partial charge in [0, 0.05) is 12.7 Å². The Morgan fingerprint density at radius 1 is 1.29 bits per heavy atom. The van der Waals surface area contributed by atoms with Crippen LogP contribution in [0.4, 0.5) is 19.0 Å². The molecule has 1 aliphatic rings. The number of nitrogens with one attached hydrogen (secondary N) is 1. The molecule has 1 saturated carbocycles. The van der Waals surface area contributed by atoms with Gasteiger partial charge in [-0.15, -0.1) is 5.10 Å². The molecule has 1 aromatic carbocycles. The number of esters is 1. The van der Waals surface area contributed by atoms with E-state index < -0.39 is 33.0 Å². The number of nitrogens with zero attached hydrogens (tertiary/aromatic N) is 3. The van der Waals surface area contributed by atoms with Gasteiger partial charge in [0.05, 0.1) is 41.0 Å². The number of hydrogen-bond acceptors (Lipinski definition) is 7. The molecular weight excluding hydrogens is 485 g/mol. The third-order valence-corrected chi connectivity index (χ3v) is 7.87. The van der Waals surface area contributed by atoms with Gasteiger partial charge in [0.15, 0.2) is 15.7 Å². The number of ether oxygens (including phenoxy) is 1. The summed E-state index contributed by atoms with van der Waals surface area (Å²) in [5.41, 5.74) is -0.513. The number of methoxy groups -OCH3 is 1.